The molecule has 10 heteroatoms. The van der Waals surface area contributed by atoms with Crippen LogP contribution < -0.4 is 9.47 Å². The minimum atomic E-state index is -4.20. The number of hydrogen-bond donors (Lipinski definition) is 0. The molecule has 0 spiro atoms. The minimum Gasteiger partial charge on any atom is -0.497 e. The van der Waals surface area contributed by atoms with Gasteiger partial charge in [0.1, 0.15) is 28.0 Å². The van der Waals surface area contributed by atoms with E-state index in [1.54, 1.807) is 24.3 Å². The molecule has 1 amide bonds. The summed E-state index contributed by atoms with van der Waals surface area (Å²) in [5.41, 5.74) is 0.701. The molecule has 31 heavy (non-hydrogen) atoms. The molecule has 0 bridgehead atoms. The topological polar surface area (TPSA) is 76.2 Å². The van der Waals surface area contributed by atoms with Crippen LogP contribution in [-0.2, 0) is 14.8 Å². The lowest BCUT2D eigenvalue weighted by Crippen LogP contribution is -2.50. The third-order valence-corrected chi connectivity index (χ3v) is 6.77. The summed E-state index contributed by atoms with van der Waals surface area (Å²) in [7, 11) is -1.15. The van der Waals surface area contributed by atoms with Crippen LogP contribution in [0.5, 0.6) is 11.5 Å². The number of benzene rings is 2. The van der Waals surface area contributed by atoms with Crippen LogP contribution in [0.15, 0.2) is 47.4 Å². The molecular weight excluding hydrogens is 430 g/mol. The monoisotopic (exact) mass is 452 g/mol. The lowest BCUT2D eigenvalue weighted by Gasteiger charge is -2.33. The highest BCUT2D eigenvalue weighted by molar-refractivity contribution is 7.89. The largest absolute Gasteiger partial charge is 0.497 e. The van der Waals surface area contributed by atoms with Crippen molar-refractivity contribution in [2.75, 3.05) is 40.4 Å². The highest BCUT2D eigenvalue weighted by Gasteiger charge is 2.31. The normalized spacial score (nSPS) is 15.3. The fourth-order valence-corrected chi connectivity index (χ4v) is 4.66. The molecular formula is C21H22F2N2O5S. The van der Waals surface area contributed by atoms with E-state index in [0.717, 1.165) is 16.4 Å². The molecule has 1 aliphatic heterocycles. The smallest absolute Gasteiger partial charge is 0.246 e. The van der Waals surface area contributed by atoms with Gasteiger partial charge in [0.25, 0.3) is 0 Å². The Morgan fingerprint density at radius 1 is 0.968 bits per heavy atom. The van der Waals surface area contributed by atoms with E-state index >= 15 is 0 Å². The molecule has 1 heterocycles. The molecule has 166 valence electrons. The number of methoxy groups -OCH3 is 2. The number of hydrogen-bond acceptors (Lipinski definition) is 5. The van der Waals surface area contributed by atoms with Crippen molar-refractivity contribution in [1.29, 1.82) is 0 Å². The molecule has 0 aromatic heterocycles. The Balaban J connectivity index is 1.66. The summed E-state index contributed by atoms with van der Waals surface area (Å²) < 4.78 is 64.1. The second kappa shape index (κ2) is 9.44. The Morgan fingerprint density at radius 2 is 1.58 bits per heavy atom. The highest BCUT2D eigenvalue weighted by Crippen LogP contribution is 2.24. The van der Waals surface area contributed by atoms with Crippen LogP contribution in [0.4, 0.5) is 8.78 Å². The van der Waals surface area contributed by atoms with Crippen molar-refractivity contribution in [3.8, 4) is 11.5 Å². The Hall–Kier alpha value is -2.98. The van der Waals surface area contributed by atoms with Crippen molar-refractivity contribution in [1.82, 2.24) is 9.21 Å². The van der Waals surface area contributed by atoms with Crippen molar-refractivity contribution in [3.63, 3.8) is 0 Å². The zero-order chi connectivity index (χ0) is 22.6. The predicted octanol–water partition coefficient (Wildman–Crippen LogP) is 2.53. The fraction of sp³-hybridized carbons (Fsp3) is 0.286. The Kier molecular flexibility index (Phi) is 6.91. The highest BCUT2D eigenvalue weighted by atomic mass is 32.2. The molecule has 0 radical (unpaired) electrons. The molecule has 7 nitrogen and oxygen atoms in total. The Morgan fingerprint density at radius 3 is 2.16 bits per heavy atom. The number of amides is 1. The first kappa shape index (κ1) is 22.7. The van der Waals surface area contributed by atoms with Gasteiger partial charge in [-0.25, -0.2) is 17.2 Å². The second-order valence-corrected chi connectivity index (χ2v) is 8.69. The average Bonchev–Trinajstić information content (AvgIpc) is 2.78. The molecule has 0 unspecified atom stereocenters. The summed E-state index contributed by atoms with van der Waals surface area (Å²) in [4.78, 5) is 13.3. The van der Waals surface area contributed by atoms with Gasteiger partial charge in [0, 0.05) is 38.3 Å². The lowest BCUT2D eigenvalue weighted by atomic mass is 10.2. The molecule has 2 aromatic rings. The van der Waals surface area contributed by atoms with E-state index in [1.165, 1.54) is 25.2 Å². The van der Waals surface area contributed by atoms with Crippen LogP contribution >= 0.6 is 0 Å². The number of carbonyl (C=O) groups excluding carboxylic acids is 1. The van der Waals surface area contributed by atoms with E-state index in [2.05, 4.69) is 0 Å². The Bertz CT molecular complexity index is 1070. The Labute approximate surface area is 179 Å². The van der Waals surface area contributed by atoms with Gasteiger partial charge in [-0.05, 0) is 42.0 Å². The predicted molar refractivity (Wildman–Crippen MR) is 110 cm³/mol. The maximum absolute atomic E-state index is 13.9. The standard InChI is InChI=1S/C21H22F2N2O5S/c1-29-17-11-15(12-18(14-17)30-2)3-6-21(26)24-7-9-25(10-8-24)31(27,28)20-13-16(22)4-5-19(20)23/h3-6,11-14H,7-10H2,1-2H3. The minimum absolute atomic E-state index is 0.0230. The number of halogens is 2. The molecule has 3 rings (SSSR count). The van der Waals surface area contributed by atoms with Crippen molar-refractivity contribution >= 4 is 22.0 Å². The summed E-state index contributed by atoms with van der Waals surface area (Å²) in [6.45, 7) is 0.206. The summed E-state index contributed by atoms with van der Waals surface area (Å²) in [6, 6.07) is 7.48. The molecule has 1 saturated heterocycles. The second-order valence-electron chi connectivity index (χ2n) is 6.78. The first-order chi connectivity index (χ1) is 14.7. The number of nitrogens with zero attached hydrogens (tertiary/aromatic N) is 2. The van der Waals surface area contributed by atoms with Crippen LogP contribution in [-0.4, -0.2) is 63.9 Å². The number of piperazine rings is 1. The van der Waals surface area contributed by atoms with Crippen molar-refractivity contribution in [3.05, 3.63) is 59.7 Å². The van der Waals surface area contributed by atoms with E-state index in [-0.39, 0.29) is 32.1 Å². The average molecular weight is 452 g/mol. The number of ether oxygens (including phenoxy) is 2. The van der Waals surface area contributed by atoms with Crippen molar-refractivity contribution in [2.45, 2.75) is 4.90 Å². The van der Waals surface area contributed by atoms with Crippen LogP contribution in [0, 0.1) is 11.6 Å². The molecule has 1 fully saturated rings. The van der Waals surface area contributed by atoms with Crippen molar-refractivity contribution in [2.24, 2.45) is 0 Å². The van der Waals surface area contributed by atoms with Gasteiger partial charge >= 0.3 is 0 Å². The third-order valence-electron chi connectivity index (χ3n) is 4.85. The first-order valence-electron chi connectivity index (χ1n) is 9.40. The summed E-state index contributed by atoms with van der Waals surface area (Å²) >= 11 is 0. The lowest BCUT2D eigenvalue weighted by molar-refractivity contribution is -0.127. The number of sulfonamides is 1. The number of rotatable bonds is 6. The van der Waals surface area contributed by atoms with E-state index in [1.807, 2.05) is 0 Å². The van der Waals surface area contributed by atoms with Crippen LogP contribution in [0.3, 0.4) is 0 Å². The van der Waals surface area contributed by atoms with Gasteiger partial charge in [-0.2, -0.15) is 4.31 Å². The van der Waals surface area contributed by atoms with Gasteiger partial charge in [-0.15, -0.1) is 0 Å². The molecule has 0 saturated carbocycles. The third kappa shape index (κ3) is 5.20. The zero-order valence-electron chi connectivity index (χ0n) is 17.0. The summed E-state index contributed by atoms with van der Waals surface area (Å²) in [5, 5.41) is 0. The van der Waals surface area contributed by atoms with Gasteiger partial charge in [-0.3, -0.25) is 4.79 Å². The molecule has 0 aliphatic carbocycles. The summed E-state index contributed by atoms with van der Waals surface area (Å²) in [6.07, 6.45) is 2.99. The molecule has 1 aliphatic rings. The van der Waals surface area contributed by atoms with Gasteiger partial charge in [0.15, 0.2) is 0 Å². The van der Waals surface area contributed by atoms with Crippen LogP contribution in [0.2, 0.25) is 0 Å². The van der Waals surface area contributed by atoms with E-state index in [4.69, 9.17) is 9.47 Å². The molecule has 2 aromatic carbocycles. The zero-order valence-corrected chi connectivity index (χ0v) is 17.9. The summed E-state index contributed by atoms with van der Waals surface area (Å²) in [5.74, 6) is -0.995. The van der Waals surface area contributed by atoms with Crippen LogP contribution in [0.25, 0.3) is 6.08 Å². The SMILES string of the molecule is COc1cc(C=CC(=O)N2CCN(S(=O)(=O)c3cc(F)ccc3F)CC2)cc(OC)c1. The van der Waals surface area contributed by atoms with Gasteiger partial charge in [-0.1, -0.05) is 0 Å². The maximum Gasteiger partial charge on any atom is 0.246 e. The van der Waals surface area contributed by atoms with E-state index < -0.39 is 26.6 Å². The number of carbonyl (C=O) groups is 1. The van der Waals surface area contributed by atoms with Gasteiger partial charge in [0.05, 0.1) is 14.2 Å². The van der Waals surface area contributed by atoms with E-state index in [9.17, 15) is 22.0 Å². The quantitative estimate of drug-likeness (QED) is 0.630. The fourth-order valence-electron chi connectivity index (χ4n) is 3.16. The van der Waals surface area contributed by atoms with Gasteiger partial charge < -0.3 is 14.4 Å². The first-order valence-corrected chi connectivity index (χ1v) is 10.8. The maximum atomic E-state index is 13.9. The van der Waals surface area contributed by atoms with Crippen molar-refractivity contribution < 1.29 is 31.5 Å². The molecule has 0 N–H and O–H groups in total. The van der Waals surface area contributed by atoms with Gasteiger partial charge in [0.2, 0.25) is 15.9 Å². The van der Waals surface area contributed by atoms with Crippen LogP contribution in [0.1, 0.15) is 5.56 Å². The molecule has 0 atom stereocenters. The van der Waals surface area contributed by atoms with E-state index in [0.29, 0.717) is 23.1 Å².